The highest BCUT2D eigenvalue weighted by atomic mass is 35.5. The third kappa shape index (κ3) is 3.23. The fourth-order valence-corrected chi connectivity index (χ4v) is 3.59. The van der Waals surface area contributed by atoms with Gasteiger partial charge < -0.3 is 15.3 Å². The number of aliphatic hydroxyl groups excluding tert-OH is 1. The lowest BCUT2D eigenvalue weighted by molar-refractivity contribution is 0.137. The Balaban J connectivity index is 1.54. The standard InChI is InChI=1S/C17H23ClN2O2/c18-15-4-2-1-3-14(15)17(7-8-17)12-19-16(22)20-9-5-13(11-21)6-10-20/h1-4,13,21H,5-12H2,(H,19,22). The lowest BCUT2D eigenvalue weighted by atomic mass is 9.96. The minimum Gasteiger partial charge on any atom is -0.396 e. The van der Waals surface area contributed by atoms with Gasteiger partial charge in [-0.15, -0.1) is 0 Å². The lowest BCUT2D eigenvalue weighted by Gasteiger charge is -2.31. The van der Waals surface area contributed by atoms with Crippen LogP contribution in [0.1, 0.15) is 31.2 Å². The van der Waals surface area contributed by atoms with Gasteiger partial charge in [0.1, 0.15) is 0 Å². The maximum atomic E-state index is 12.3. The van der Waals surface area contributed by atoms with Gasteiger partial charge in [-0.25, -0.2) is 4.79 Å². The van der Waals surface area contributed by atoms with Crippen LogP contribution in [0.15, 0.2) is 24.3 Å². The van der Waals surface area contributed by atoms with E-state index in [9.17, 15) is 4.79 Å². The highest BCUT2D eigenvalue weighted by Gasteiger charge is 2.45. The summed E-state index contributed by atoms with van der Waals surface area (Å²) in [4.78, 5) is 14.2. The maximum Gasteiger partial charge on any atom is 0.317 e. The van der Waals surface area contributed by atoms with Crippen molar-refractivity contribution >= 4 is 17.6 Å². The van der Waals surface area contributed by atoms with Crippen LogP contribution < -0.4 is 5.32 Å². The van der Waals surface area contributed by atoms with Gasteiger partial charge in [0, 0.05) is 36.7 Å². The molecule has 0 radical (unpaired) electrons. The van der Waals surface area contributed by atoms with Crippen molar-refractivity contribution in [2.24, 2.45) is 5.92 Å². The molecule has 22 heavy (non-hydrogen) atoms. The quantitative estimate of drug-likeness (QED) is 0.895. The molecule has 1 aromatic carbocycles. The summed E-state index contributed by atoms with van der Waals surface area (Å²) in [7, 11) is 0. The van der Waals surface area contributed by atoms with Crippen LogP contribution >= 0.6 is 11.6 Å². The first-order valence-electron chi connectivity index (χ1n) is 8.03. The molecule has 2 fully saturated rings. The predicted molar refractivity (Wildman–Crippen MR) is 87.1 cm³/mol. The Kier molecular flexibility index (Phi) is 4.59. The van der Waals surface area contributed by atoms with Gasteiger partial charge in [-0.1, -0.05) is 29.8 Å². The molecule has 2 amide bonds. The number of rotatable bonds is 4. The van der Waals surface area contributed by atoms with Gasteiger partial charge in [0.15, 0.2) is 0 Å². The molecular weight excluding hydrogens is 300 g/mol. The van der Waals surface area contributed by atoms with Crippen molar-refractivity contribution in [1.29, 1.82) is 0 Å². The molecule has 1 saturated heterocycles. The molecule has 0 aromatic heterocycles. The van der Waals surface area contributed by atoms with Crippen molar-refractivity contribution in [3.8, 4) is 0 Å². The second kappa shape index (κ2) is 6.47. The number of halogens is 1. The molecule has 2 aliphatic rings. The van der Waals surface area contributed by atoms with Gasteiger partial charge in [0.05, 0.1) is 0 Å². The van der Waals surface area contributed by atoms with Gasteiger partial charge in [-0.2, -0.15) is 0 Å². The SMILES string of the molecule is O=C(NCC1(c2ccccc2Cl)CC1)N1CCC(CO)CC1. The normalized spacial score (nSPS) is 20.7. The number of amides is 2. The first kappa shape index (κ1) is 15.6. The van der Waals surface area contributed by atoms with E-state index in [1.807, 2.05) is 23.1 Å². The number of aliphatic hydroxyl groups is 1. The molecule has 1 aromatic rings. The number of carbonyl (C=O) groups is 1. The van der Waals surface area contributed by atoms with Crippen LogP contribution in [0.2, 0.25) is 5.02 Å². The van der Waals surface area contributed by atoms with E-state index in [0.717, 1.165) is 49.4 Å². The van der Waals surface area contributed by atoms with Gasteiger partial charge in [0.25, 0.3) is 0 Å². The first-order chi connectivity index (χ1) is 10.6. The van der Waals surface area contributed by atoms with Crippen LogP contribution in [0.5, 0.6) is 0 Å². The zero-order valence-corrected chi connectivity index (χ0v) is 13.5. The molecule has 4 nitrogen and oxygen atoms in total. The summed E-state index contributed by atoms with van der Waals surface area (Å²) < 4.78 is 0. The van der Waals surface area contributed by atoms with E-state index in [1.54, 1.807) is 0 Å². The summed E-state index contributed by atoms with van der Waals surface area (Å²) in [5.41, 5.74) is 1.17. The largest absolute Gasteiger partial charge is 0.396 e. The van der Waals surface area contributed by atoms with Crippen molar-refractivity contribution in [3.05, 3.63) is 34.9 Å². The molecule has 1 heterocycles. The third-order valence-electron chi connectivity index (χ3n) is 5.04. The van der Waals surface area contributed by atoms with Crippen LogP contribution in [0.4, 0.5) is 4.79 Å². The zero-order valence-electron chi connectivity index (χ0n) is 12.7. The number of likely N-dealkylation sites (tertiary alicyclic amines) is 1. The van der Waals surface area contributed by atoms with Crippen LogP contribution in [0.3, 0.4) is 0 Å². The van der Waals surface area contributed by atoms with E-state index in [1.165, 1.54) is 0 Å². The molecule has 0 bridgehead atoms. The molecule has 1 aliphatic heterocycles. The molecule has 2 N–H and O–H groups in total. The van der Waals surface area contributed by atoms with Crippen molar-refractivity contribution in [3.63, 3.8) is 0 Å². The highest BCUT2D eigenvalue weighted by Crippen LogP contribution is 2.49. The van der Waals surface area contributed by atoms with Crippen LogP contribution in [-0.2, 0) is 5.41 Å². The summed E-state index contributed by atoms with van der Waals surface area (Å²) in [6, 6.07) is 7.93. The highest BCUT2D eigenvalue weighted by molar-refractivity contribution is 6.31. The molecule has 5 heteroatoms. The molecule has 0 atom stereocenters. The third-order valence-corrected chi connectivity index (χ3v) is 5.37. The average molecular weight is 323 g/mol. The molecular formula is C17H23ClN2O2. The minimum atomic E-state index is 0.00900. The molecule has 1 saturated carbocycles. The monoisotopic (exact) mass is 322 g/mol. The zero-order chi connectivity index (χ0) is 15.6. The van der Waals surface area contributed by atoms with Crippen LogP contribution in [-0.4, -0.2) is 42.3 Å². The number of nitrogens with one attached hydrogen (secondary N) is 1. The van der Waals surface area contributed by atoms with Crippen LogP contribution in [0, 0.1) is 5.92 Å². The minimum absolute atomic E-state index is 0.00900. The van der Waals surface area contributed by atoms with Crippen molar-refractivity contribution in [1.82, 2.24) is 10.2 Å². The van der Waals surface area contributed by atoms with Crippen molar-refractivity contribution in [2.45, 2.75) is 31.1 Å². The summed E-state index contributed by atoms with van der Waals surface area (Å²) in [6.45, 7) is 2.34. The fourth-order valence-electron chi connectivity index (χ4n) is 3.26. The number of hydrogen-bond donors (Lipinski definition) is 2. The second-order valence-electron chi connectivity index (χ2n) is 6.53. The van der Waals surface area contributed by atoms with E-state index < -0.39 is 0 Å². The van der Waals surface area contributed by atoms with E-state index in [2.05, 4.69) is 11.4 Å². The number of benzene rings is 1. The number of piperidine rings is 1. The predicted octanol–water partition coefficient (Wildman–Crippen LogP) is 2.79. The molecule has 0 spiro atoms. The van der Waals surface area contributed by atoms with Crippen molar-refractivity contribution < 1.29 is 9.90 Å². The number of nitrogens with zero attached hydrogens (tertiary/aromatic N) is 1. The van der Waals surface area contributed by atoms with Gasteiger partial charge in [-0.3, -0.25) is 0 Å². The van der Waals surface area contributed by atoms with Crippen molar-refractivity contribution in [2.75, 3.05) is 26.2 Å². The Labute approximate surface area is 136 Å². The van der Waals surface area contributed by atoms with E-state index in [4.69, 9.17) is 16.7 Å². The lowest BCUT2D eigenvalue weighted by Crippen LogP contribution is -2.46. The molecule has 120 valence electrons. The van der Waals surface area contributed by atoms with E-state index in [-0.39, 0.29) is 18.1 Å². The smallest absolute Gasteiger partial charge is 0.317 e. The summed E-state index contributed by atoms with van der Waals surface area (Å²) in [5.74, 6) is 0.349. The maximum absolute atomic E-state index is 12.3. The Hall–Kier alpha value is -1.26. The fraction of sp³-hybridized carbons (Fsp3) is 0.588. The molecule has 3 rings (SSSR count). The number of urea groups is 1. The Morgan fingerprint density at radius 3 is 2.59 bits per heavy atom. The average Bonchev–Trinajstić information content (AvgIpc) is 3.34. The van der Waals surface area contributed by atoms with Gasteiger partial charge >= 0.3 is 6.03 Å². The summed E-state index contributed by atoms with van der Waals surface area (Å²) in [6.07, 6.45) is 3.92. The Morgan fingerprint density at radius 1 is 1.32 bits per heavy atom. The summed E-state index contributed by atoms with van der Waals surface area (Å²) >= 11 is 6.30. The first-order valence-corrected chi connectivity index (χ1v) is 8.41. The van der Waals surface area contributed by atoms with Gasteiger partial charge in [0.2, 0.25) is 0 Å². The number of hydrogen-bond acceptors (Lipinski definition) is 2. The molecule has 1 aliphatic carbocycles. The topological polar surface area (TPSA) is 52.6 Å². The number of carbonyl (C=O) groups excluding carboxylic acids is 1. The second-order valence-corrected chi connectivity index (χ2v) is 6.94. The Bertz CT molecular complexity index is 537. The summed E-state index contributed by atoms with van der Waals surface area (Å²) in [5, 5.41) is 13.0. The van der Waals surface area contributed by atoms with Gasteiger partial charge in [-0.05, 0) is 43.2 Å². The van der Waals surface area contributed by atoms with E-state index >= 15 is 0 Å². The van der Waals surface area contributed by atoms with Crippen LogP contribution in [0.25, 0.3) is 0 Å². The molecule has 0 unspecified atom stereocenters. The van der Waals surface area contributed by atoms with E-state index in [0.29, 0.717) is 12.5 Å². The Morgan fingerprint density at radius 2 is 2.00 bits per heavy atom.